The van der Waals surface area contributed by atoms with Gasteiger partial charge in [0.25, 0.3) is 0 Å². The molecule has 1 heterocycles. The Morgan fingerprint density at radius 1 is 1.45 bits per heavy atom. The molecule has 0 aliphatic heterocycles. The third-order valence-electron chi connectivity index (χ3n) is 3.48. The molecule has 0 saturated heterocycles. The molecule has 0 aromatic carbocycles. The standard InChI is InChI=1S/C14H21N3O3/c1-17(2)13(18)6-8-15-14(19)16-11-4-3-5-12-10(11)7-9-20-12/h7,9,11H,3-6,8H2,1-2H3,(H2,15,16,19). The Morgan fingerprint density at radius 3 is 3.00 bits per heavy atom. The summed E-state index contributed by atoms with van der Waals surface area (Å²) in [5, 5.41) is 5.64. The summed E-state index contributed by atoms with van der Waals surface area (Å²) in [5.74, 6) is 0.962. The van der Waals surface area contributed by atoms with Crippen molar-refractivity contribution in [1.82, 2.24) is 15.5 Å². The van der Waals surface area contributed by atoms with Crippen LogP contribution in [0.5, 0.6) is 0 Å². The van der Waals surface area contributed by atoms with E-state index in [0.29, 0.717) is 13.0 Å². The maximum atomic E-state index is 11.8. The number of rotatable bonds is 4. The minimum atomic E-state index is -0.240. The second kappa shape index (κ2) is 6.45. The van der Waals surface area contributed by atoms with E-state index in [-0.39, 0.29) is 18.0 Å². The Balaban J connectivity index is 1.77. The number of aryl methyl sites for hydroxylation is 1. The van der Waals surface area contributed by atoms with Crippen LogP contribution in [0, 0.1) is 0 Å². The number of urea groups is 1. The topological polar surface area (TPSA) is 74.6 Å². The lowest BCUT2D eigenvalue weighted by Gasteiger charge is -2.22. The number of carbonyl (C=O) groups excluding carboxylic acids is 2. The van der Waals surface area contributed by atoms with E-state index in [1.807, 2.05) is 6.07 Å². The molecular formula is C14H21N3O3. The predicted octanol–water partition coefficient (Wildman–Crippen LogP) is 1.43. The molecule has 1 aromatic rings. The lowest BCUT2D eigenvalue weighted by atomic mass is 9.93. The van der Waals surface area contributed by atoms with Crippen LogP contribution in [0.1, 0.15) is 36.6 Å². The molecule has 20 heavy (non-hydrogen) atoms. The van der Waals surface area contributed by atoms with E-state index >= 15 is 0 Å². The molecule has 1 aliphatic carbocycles. The number of carbonyl (C=O) groups is 2. The van der Waals surface area contributed by atoms with Crippen molar-refractivity contribution in [2.75, 3.05) is 20.6 Å². The van der Waals surface area contributed by atoms with Crippen molar-refractivity contribution in [2.24, 2.45) is 0 Å². The fourth-order valence-corrected chi connectivity index (χ4v) is 2.35. The molecule has 0 spiro atoms. The molecule has 110 valence electrons. The van der Waals surface area contributed by atoms with Gasteiger partial charge in [0, 0.05) is 39.0 Å². The quantitative estimate of drug-likeness (QED) is 0.875. The Labute approximate surface area is 118 Å². The van der Waals surface area contributed by atoms with Crippen molar-refractivity contribution < 1.29 is 14.0 Å². The number of furan rings is 1. The van der Waals surface area contributed by atoms with E-state index < -0.39 is 0 Å². The predicted molar refractivity (Wildman–Crippen MR) is 74.2 cm³/mol. The van der Waals surface area contributed by atoms with Crippen molar-refractivity contribution in [3.63, 3.8) is 0 Å². The molecule has 6 nitrogen and oxygen atoms in total. The van der Waals surface area contributed by atoms with Crippen molar-refractivity contribution in [1.29, 1.82) is 0 Å². The number of fused-ring (bicyclic) bond motifs is 1. The summed E-state index contributed by atoms with van der Waals surface area (Å²) in [6.45, 7) is 0.341. The first-order chi connectivity index (χ1) is 9.58. The molecule has 1 atom stereocenters. The Bertz CT molecular complexity index is 482. The van der Waals surface area contributed by atoms with Crippen LogP contribution in [0.25, 0.3) is 0 Å². The maximum absolute atomic E-state index is 11.8. The molecule has 1 unspecified atom stereocenters. The maximum Gasteiger partial charge on any atom is 0.315 e. The average Bonchev–Trinajstić information content (AvgIpc) is 2.87. The van der Waals surface area contributed by atoms with Crippen LogP contribution in [-0.2, 0) is 11.2 Å². The van der Waals surface area contributed by atoms with Crippen LogP contribution in [-0.4, -0.2) is 37.5 Å². The van der Waals surface area contributed by atoms with Crippen LogP contribution in [0.2, 0.25) is 0 Å². The van der Waals surface area contributed by atoms with Gasteiger partial charge in [0.05, 0.1) is 12.3 Å². The molecular weight excluding hydrogens is 258 g/mol. The highest BCUT2D eigenvalue weighted by Gasteiger charge is 2.23. The van der Waals surface area contributed by atoms with E-state index in [0.717, 1.165) is 30.6 Å². The number of amides is 3. The van der Waals surface area contributed by atoms with E-state index in [4.69, 9.17) is 4.42 Å². The van der Waals surface area contributed by atoms with Gasteiger partial charge in [0.2, 0.25) is 5.91 Å². The monoisotopic (exact) mass is 279 g/mol. The van der Waals surface area contributed by atoms with Gasteiger partial charge in [-0.1, -0.05) is 0 Å². The van der Waals surface area contributed by atoms with Gasteiger partial charge in [-0.05, 0) is 18.9 Å². The zero-order valence-electron chi connectivity index (χ0n) is 11.9. The number of nitrogens with zero attached hydrogens (tertiary/aromatic N) is 1. The summed E-state index contributed by atoms with van der Waals surface area (Å²) < 4.78 is 5.38. The third kappa shape index (κ3) is 3.53. The Morgan fingerprint density at radius 2 is 2.25 bits per heavy atom. The largest absolute Gasteiger partial charge is 0.469 e. The average molecular weight is 279 g/mol. The highest BCUT2D eigenvalue weighted by molar-refractivity contribution is 5.78. The van der Waals surface area contributed by atoms with E-state index in [2.05, 4.69) is 10.6 Å². The lowest BCUT2D eigenvalue weighted by Crippen LogP contribution is -2.40. The summed E-state index contributed by atoms with van der Waals surface area (Å²) in [7, 11) is 3.40. The molecule has 0 radical (unpaired) electrons. The van der Waals surface area contributed by atoms with Crippen molar-refractivity contribution >= 4 is 11.9 Å². The zero-order valence-corrected chi connectivity index (χ0v) is 11.9. The van der Waals surface area contributed by atoms with Gasteiger partial charge >= 0.3 is 6.03 Å². The van der Waals surface area contributed by atoms with Gasteiger partial charge < -0.3 is 20.0 Å². The highest BCUT2D eigenvalue weighted by atomic mass is 16.3. The smallest absolute Gasteiger partial charge is 0.315 e. The van der Waals surface area contributed by atoms with Crippen LogP contribution in [0.15, 0.2) is 16.7 Å². The van der Waals surface area contributed by atoms with Crippen LogP contribution in [0.4, 0.5) is 4.79 Å². The normalized spacial score (nSPS) is 17.2. The molecule has 0 fully saturated rings. The first kappa shape index (κ1) is 14.4. The SMILES string of the molecule is CN(C)C(=O)CCNC(=O)NC1CCCc2occc21. The molecule has 1 aromatic heterocycles. The highest BCUT2D eigenvalue weighted by Crippen LogP contribution is 2.30. The summed E-state index contributed by atoms with van der Waals surface area (Å²) >= 11 is 0. The Kier molecular flexibility index (Phi) is 4.65. The van der Waals surface area contributed by atoms with Crippen molar-refractivity contribution in [3.05, 3.63) is 23.7 Å². The van der Waals surface area contributed by atoms with Crippen LogP contribution >= 0.6 is 0 Å². The van der Waals surface area contributed by atoms with Crippen molar-refractivity contribution in [3.8, 4) is 0 Å². The second-order valence-electron chi connectivity index (χ2n) is 5.18. The lowest BCUT2D eigenvalue weighted by molar-refractivity contribution is -0.128. The number of nitrogens with one attached hydrogen (secondary N) is 2. The molecule has 3 amide bonds. The minimum Gasteiger partial charge on any atom is -0.469 e. The molecule has 0 saturated carbocycles. The number of hydrogen-bond acceptors (Lipinski definition) is 3. The summed E-state index contributed by atoms with van der Waals surface area (Å²) in [5.41, 5.74) is 1.07. The van der Waals surface area contributed by atoms with Gasteiger partial charge in [-0.15, -0.1) is 0 Å². The third-order valence-corrected chi connectivity index (χ3v) is 3.48. The molecule has 2 N–H and O–H groups in total. The zero-order chi connectivity index (χ0) is 14.5. The first-order valence-corrected chi connectivity index (χ1v) is 6.88. The van der Waals surface area contributed by atoms with Crippen LogP contribution in [0.3, 0.4) is 0 Å². The molecule has 0 bridgehead atoms. The van der Waals surface area contributed by atoms with Crippen molar-refractivity contribution in [2.45, 2.75) is 31.7 Å². The van der Waals surface area contributed by atoms with Crippen LogP contribution < -0.4 is 10.6 Å². The van der Waals surface area contributed by atoms with E-state index in [1.165, 1.54) is 4.90 Å². The van der Waals surface area contributed by atoms with Gasteiger partial charge in [-0.2, -0.15) is 0 Å². The fourth-order valence-electron chi connectivity index (χ4n) is 2.35. The number of hydrogen-bond donors (Lipinski definition) is 2. The Hall–Kier alpha value is -1.98. The summed E-state index contributed by atoms with van der Waals surface area (Å²) in [6, 6.07) is 1.67. The summed E-state index contributed by atoms with van der Waals surface area (Å²) in [4.78, 5) is 24.7. The van der Waals surface area contributed by atoms with E-state index in [9.17, 15) is 9.59 Å². The van der Waals surface area contributed by atoms with Gasteiger partial charge in [-0.25, -0.2) is 4.79 Å². The summed E-state index contributed by atoms with van der Waals surface area (Å²) in [6.07, 6.45) is 4.82. The molecule has 2 rings (SSSR count). The van der Waals surface area contributed by atoms with E-state index in [1.54, 1.807) is 20.4 Å². The minimum absolute atomic E-state index is 0.0000808. The molecule has 1 aliphatic rings. The first-order valence-electron chi connectivity index (χ1n) is 6.88. The second-order valence-corrected chi connectivity index (χ2v) is 5.18. The fraction of sp³-hybridized carbons (Fsp3) is 0.571. The molecule has 6 heteroatoms. The van der Waals surface area contributed by atoms with Gasteiger partial charge in [0.15, 0.2) is 0 Å². The van der Waals surface area contributed by atoms with Gasteiger partial charge in [0.1, 0.15) is 5.76 Å². The van der Waals surface area contributed by atoms with Gasteiger partial charge in [-0.3, -0.25) is 4.79 Å².